The minimum absolute atomic E-state index is 0.0947. The van der Waals surface area contributed by atoms with Gasteiger partial charge in [-0.1, -0.05) is 54.6 Å². The van der Waals surface area contributed by atoms with Crippen molar-refractivity contribution in [3.05, 3.63) is 82.6 Å². The molecule has 0 amide bonds. The number of carbonyl (C=O) groups is 1. The third kappa shape index (κ3) is 1.91. The zero-order chi connectivity index (χ0) is 16.0. The highest BCUT2D eigenvalue weighted by Gasteiger charge is 2.54. The normalized spacial score (nSPS) is 25.6. The Labute approximate surface area is 136 Å². The fraction of sp³-hybridized carbons (Fsp3) is 0.286. The number of rotatable bonds is 2. The molecular weight excluding hydrogens is 284 g/mol. The van der Waals surface area contributed by atoms with E-state index in [1.54, 1.807) is 6.92 Å². The van der Waals surface area contributed by atoms with Crippen LogP contribution in [0, 0.1) is 5.92 Å². The van der Waals surface area contributed by atoms with Crippen molar-refractivity contribution in [1.82, 2.24) is 0 Å². The van der Waals surface area contributed by atoms with Crippen LogP contribution < -0.4 is 0 Å². The molecule has 2 heteroatoms. The van der Waals surface area contributed by atoms with Gasteiger partial charge in [0, 0.05) is 22.6 Å². The molecule has 2 atom stereocenters. The second-order valence-electron chi connectivity index (χ2n) is 6.48. The average molecular weight is 304 g/mol. The van der Waals surface area contributed by atoms with E-state index < -0.39 is 5.60 Å². The number of ether oxygens (including phenoxy) is 1. The van der Waals surface area contributed by atoms with Crippen LogP contribution in [-0.4, -0.2) is 5.78 Å². The number of aryl methyl sites for hydroxylation is 1. The number of Topliss-reactive ketones (excluding diaryl/α,β-unsaturated/α-hetero) is 1. The second kappa shape index (κ2) is 5.09. The van der Waals surface area contributed by atoms with Gasteiger partial charge in [0.25, 0.3) is 0 Å². The Morgan fingerprint density at radius 2 is 1.78 bits per heavy atom. The second-order valence-corrected chi connectivity index (χ2v) is 6.48. The predicted octanol–water partition coefficient (Wildman–Crippen LogP) is 4.39. The van der Waals surface area contributed by atoms with Crippen LogP contribution in [0.5, 0.6) is 0 Å². The number of hydrogen-bond donors (Lipinski definition) is 0. The lowest BCUT2D eigenvalue weighted by atomic mass is 9.66. The molecule has 0 spiro atoms. The van der Waals surface area contributed by atoms with Crippen molar-refractivity contribution in [2.24, 2.45) is 5.92 Å². The number of carbonyl (C=O) groups excluding carboxylic acids is 1. The Balaban J connectivity index is 1.99. The molecule has 1 aliphatic heterocycles. The Morgan fingerprint density at radius 3 is 2.52 bits per heavy atom. The van der Waals surface area contributed by atoms with Gasteiger partial charge in [-0.05, 0) is 32.3 Å². The van der Waals surface area contributed by atoms with Gasteiger partial charge in [0.05, 0.1) is 0 Å². The maximum Gasteiger partial charge on any atom is 0.166 e. The summed E-state index contributed by atoms with van der Waals surface area (Å²) in [5.41, 5.74) is 3.97. The van der Waals surface area contributed by atoms with Gasteiger partial charge in [-0.2, -0.15) is 0 Å². The molecule has 2 nitrogen and oxygen atoms in total. The van der Waals surface area contributed by atoms with Gasteiger partial charge < -0.3 is 4.74 Å². The van der Waals surface area contributed by atoms with E-state index in [9.17, 15) is 4.79 Å². The van der Waals surface area contributed by atoms with Crippen molar-refractivity contribution in [3.63, 3.8) is 0 Å². The number of fused-ring (bicyclic) bond motifs is 3. The average Bonchev–Trinajstić information content (AvgIpc) is 2.89. The van der Waals surface area contributed by atoms with Gasteiger partial charge in [0.2, 0.25) is 0 Å². The van der Waals surface area contributed by atoms with E-state index in [1.165, 1.54) is 11.1 Å². The van der Waals surface area contributed by atoms with Crippen LogP contribution in [0.3, 0.4) is 0 Å². The molecule has 0 N–H and O–H groups in total. The third-order valence-corrected chi connectivity index (χ3v) is 5.23. The fourth-order valence-corrected chi connectivity index (χ4v) is 4.40. The molecule has 2 unspecified atom stereocenters. The van der Waals surface area contributed by atoms with Crippen molar-refractivity contribution in [2.75, 3.05) is 0 Å². The van der Waals surface area contributed by atoms with Gasteiger partial charge in [0.15, 0.2) is 11.4 Å². The summed E-state index contributed by atoms with van der Waals surface area (Å²) < 4.78 is 6.50. The summed E-state index contributed by atoms with van der Waals surface area (Å²) in [6, 6.07) is 18.8. The van der Waals surface area contributed by atoms with Crippen LogP contribution in [-0.2, 0) is 21.6 Å². The van der Waals surface area contributed by atoms with E-state index in [1.807, 2.05) is 25.1 Å². The molecule has 4 rings (SSSR count). The van der Waals surface area contributed by atoms with E-state index in [0.29, 0.717) is 0 Å². The topological polar surface area (TPSA) is 26.3 Å². The molecule has 2 aromatic rings. The number of ketones is 1. The highest BCUT2D eigenvalue weighted by atomic mass is 16.5. The van der Waals surface area contributed by atoms with E-state index in [2.05, 4.69) is 36.4 Å². The molecule has 0 radical (unpaired) electrons. The Hall–Kier alpha value is -2.35. The minimum Gasteiger partial charge on any atom is -0.481 e. The van der Waals surface area contributed by atoms with Gasteiger partial charge >= 0.3 is 0 Å². The largest absolute Gasteiger partial charge is 0.481 e. The molecule has 0 bridgehead atoms. The lowest BCUT2D eigenvalue weighted by molar-refractivity contribution is -0.114. The van der Waals surface area contributed by atoms with Gasteiger partial charge in [-0.3, -0.25) is 4.79 Å². The number of benzene rings is 2. The number of allylic oxidation sites excluding steroid dienone is 1. The van der Waals surface area contributed by atoms with Crippen LogP contribution in [0.2, 0.25) is 0 Å². The van der Waals surface area contributed by atoms with Crippen molar-refractivity contribution in [3.8, 4) is 0 Å². The highest BCUT2D eigenvalue weighted by molar-refractivity contribution is 5.95. The summed E-state index contributed by atoms with van der Waals surface area (Å²) in [6.45, 7) is 3.59. The standard InChI is InChI=1S/C21H20O2/c1-14(22)20-15(2)23-21(17-9-4-3-5-10-17)18-11-7-6-8-16(18)12-13-19(20)21/h3-11,19H,12-13H2,1-2H3. The molecule has 0 aromatic heterocycles. The molecular formula is C21H20O2. The maximum atomic E-state index is 12.3. The first-order valence-corrected chi connectivity index (χ1v) is 8.19. The summed E-state index contributed by atoms with van der Waals surface area (Å²) in [5, 5.41) is 0. The minimum atomic E-state index is -0.554. The van der Waals surface area contributed by atoms with Gasteiger partial charge in [-0.25, -0.2) is 0 Å². The summed E-state index contributed by atoms with van der Waals surface area (Å²) in [7, 11) is 0. The van der Waals surface area contributed by atoms with Crippen molar-refractivity contribution in [1.29, 1.82) is 0 Å². The summed E-state index contributed by atoms with van der Waals surface area (Å²) in [4.78, 5) is 12.3. The zero-order valence-corrected chi connectivity index (χ0v) is 13.5. The summed E-state index contributed by atoms with van der Waals surface area (Å²) >= 11 is 0. The number of hydrogen-bond acceptors (Lipinski definition) is 2. The molecule has 2 aromatic carbocycles. The monoisotopic (exact) mass is 304 g/mol. The van der Waals surface area contributed by atoms with E-state index in [0.717, 1.165) is 29.7 Å². The predicted molar refractivity (Wildman–Crippen MR) is 89.9 cm³/mol. The quantitative estimate of drug-likeness (QED) is 0.822. The van der Waals surface area contributed by atoms with Crippen molar-refractivity contribution in [2.45, 2.75) is 32.3 Å². The van der Waals surface area contributed by atoms with Crippen LogP contribution >= 0.6 is 0 Å². The first-order chi connectivity index (χ1) is 11.1. The Bertz CT molecular complexity index is 804. The molecule has 116 valence electrons. The summed E-state index contributed by atoms with van der Waals surface area (Å²) in [5.74, 6) is 1.00. The third-order valence-electron chi connectivity index (χ3n) is 5.23. The summed E-state index contributed by atoms with van der Waals surface area (Å²) in [6.07, 6.45) is 1.93. The smallest absolute Gasteiger partial charge is 0.166 e. The van der Waals surface area contributed by atoms with Gasteiger partial charge in [0.1, 0.15) is 5.76 Å². The van der Waals surface area contributed by atoms with Crippen LogP contribution in [0.25, 0.3) is 0 Å². The van der Waals surface area contributed by atoms with Crippen molar-refractivity contribution < 1.29 is 9.53 Å². The Kier molecular flexibility index (Phi) is 3.15. The van der Waals surface area contributed by atoms with Crippen LogP contribution in [0.1, 0.15) is 37.0 Å². The molecule has 0 saturated carbocycles. The van der Waals surface area contributed by atoms with Crippen LogP contribution in [0.15, 0.2) is 65.9 Å². The van der Waals surface area contributed by atoms with Gasteiger partial charge in [-0.15, -0.1) is 0 Å². The highest BCUT2D eigenvalue weighted by Crippen LogP contribution is 2.55. The molecule has 1 heterocycles. The molecule has 23 heavy (non-hydrogen) atoms. The lowest BCUT2D eigenvalue weighted by Gasteiger charge is -2.41. The first kappa shape index (κ1) is 14.3. The van der Waals surface area contributed by atoms with Crippen molar-refractivity contribution >= 4 is 5.78 Å². The first-order valence-electron chi connectivity index (χ1n) is 8.19. The molecule has 1 aliphatic carbocycles. The molecule has 2 aliphatic rings. The van der Waals surface area contributed by atoms with Crippen LogP contribution in [0.4, 0.5) is 0 Å². The maximum absolute atomic E-state index is 12.3. The zero-order valence-electron chi connectivity index (χ0n) is 13.5. The SMILES string of the molecule is CC(=O)C1=C(C)OC2(c3ccccc3)c3ccccc3CCC12. The molecule has 0 fully saturated rings. The van der Waals surface area contributed by atoms with E-state index in [-0.39, 0.29) is 11.7 Å². The van der Waals surface area contributed by atoms with E-state index >= 15 is 0 Å². The molecule has 0 saturated heterocycles. The Morgan fingerprint density at radius 1 is 1.09 bits per heavy atom. The lowest BCUT2D eigenvalue weighted by Crippen LogP contribution is -2.40. The fourth-order valence-electron chi connectivity index (χ4n) is 4.40. The van der Waals surface area contributed by atoms with E-state index in [4.69, 9.17) is 4.74 Å².